The Morgan fingerprint density at radius 1 is 1.04 bits per heavy atom. The number of carbonyl (C=O) groups excluding carboxylic acids is 2. The van der Waals surface area contributed by atoms with Gasteiger partial charge in [-0.25, -0.2) is 4.79 Å². The second kappa shape index (κ2) is 7.83. The SMILES string of the molecule is Cc1ccccc1OCC(=O)OCC(=O)Nc1ccc2c(c1)CCC2. The van der Waals surface area contributed by atoms with Gasteiger partial charge in [0.2, 0.25) is 0 Å². The minimum absolute atomic E-state index is 0.225. The summed E-state index contributed by atoms with van der Waals surface area (Å²) in [6.45, 7) is 1.34. The lowest BCUT2D eigenvalue weighted by Gasteiger charge is -2.10. The molecule has 2 aromatic carbocycles. The van der Waals surface area contributed by atoms with Crippen LogP contribution in [0.4, 0.5) is 5.69 Å². The Labute approximate surface area is 147 Å². The first-order valence-electron chi connectivity index (χ1n) is 8.37. The summed E-state index contributed by atoms with van der Waals surface area (Å²) in [6, 6.07) is 13.3. The van der Waals surface area contributed by atoms with Gasteiger partial charge in [-0.2, -0.15) is 0 Å². The molecule has 1 aliphatic rings. The van der Waals surface area contributed by atoms with Crippen LogP contribution < -0.4 is 10.1 Å². The maximum absolute atomic E-state index is 11.9. The summed E-state index contributed by atoms with van der Waals surface area (Å²) in [4.78, 5) is 23.6. The molecule has 0 unspecified atom stereocenters. The van der Waals surface area contributed by atoms with Crippen LogP contribution >= 0.6 is 0 Å². The van der Waals surface area contributed by atoms with E-state index in [0.29, 0.717) is 5.75 Å². The van der Waals surface area contributed by atoms with Crippen LogP contribution in [0.3, 0.4) is 0 Å². The van der Waals surface area contributed by atoms with E-state index in [1.165, 1.54) is 11.1 Å². The van der Waals surface area contributed by atoms with Crippen molar-refractivity contribution in [2.24, 2.45) is 0 Å². The van der Waals surface area contributed by atoms with Crippen LogP contribution in [0.25, 0.3) is 0 Å². The maximum Gasteiger partial charge on any atom is 0.344 e. The fourth-order valence-electron chi connectivity index (χ4n) is 2.89. The molecular formula is C20H21NO4. The van der Waals surface area contributed by atoms with E-state index in [1.54, 1.807) is 6.07 Å². The molecule has 130 valence electrons. The summed E-state index contributed by atoms with van der Waals surface area (Å²) in [5.74, 6) is -0.309. The highest BCUT2D eigenvalue weighted by Gasteiger charge is 2.13. The predicted molar refractivity (Wildman–Crippen MR) is 94.7 cm³/mol. The summed E-state index contributed by atoms with van der Waals surface area (Å²) in [6.07, 6.45) is 3.30. The van der Waals surface area contributed by atoms with Crippen LogP contribution in [0.5, 0.6) is 5.75 Å². The Bertz CT molecular complexity index is 785. The largest absolute Gasteiger partial charge is 0.482 e. The maximum atomic E-state index is 11.9. The summed E-state index contributed by atoms with van der Waals surface area (Å²) < 4.78 is 10.3. The molecule has 5 heteroatoms. The average Bonchev–Trinajstić information content (AvgIpc) is 3.07. The average molecular weight is 339 g/mol. The van der Waals surface area contributed by atoms with Gasteiger partial charge in [-0.05, 0) is 61.1 Å². The first kappa shape index (κ1) is 17.0. The molecule has 1 aliphatic carbocycles. The Hall–Kier alpha value is -2.82. The van der Waals surface area contributed by atoms with Crippen molar-refractivity contribution < 1.29 is 19.1 Å². The summed E-state index contributed by atoms with van der Waals surface area (Å²) in [5.41, 5.74) is 4.29. The van der Waals surface area contributed by atoms with E-state index in [0.717, 1.165) is 30.5 Å². The van der Waals surface area contributed by atoms with E-state index in [1.807, 2.05) is 43.3 Å². The highest BCUT2D eigenvalue weighted by molar-refractivity contribution is 5.93. The van der Waals surface area contributed by atoms with E-state index in [4.69, 9.17) is 9.47 Å². The topological polar surface area (TPSA) is 64.6 Å². The predicted octanol–water partition coefficient (Wildman–Crippen LogP) is 3.04. The lowest BCUT2D eigenvalue weighted by molar-refractivity contribution is -0.149. The fourth-order valence-corrected chi connectivity index (χ4v) is 2.89. The van der Waals surface area contributed by atoms with Crippen molar-refractivity contribution in [1.29, 1.82) is 0 Å². The fraction of sp³-hybridized carbons (Fsp3) is 0.300. The first-order chi connectivity index (χ1) is 12.1. The van der Waals surface area contributed by atoms with Crippen molar-refractivity contribution >= 4 is 17.6 Å². The number of amides is 1. The van der Waals surface area contributed by atoms with E-state index in [9.17, 15) is 9.59 Å². The molecule has 0 bridgehead atoms. The second-order valence-corrected chi connectivity index (χ2v) is 6.10. The molecule has 0 aromatic heterocycles. The number of anilines is 1. The molecule has 0 saturated heterocycles. The van der Waals surface area contributed by atoms with Crippen LogP contribution in [-0.2, 0) is 27.2 Å². The monoisotopic (exact) mass is 339 g/mol. The number of rotatable bonds is 6. The molecule has 1 N–H and O–H groups in total. The molecule has 0 fully saturated rings. The van der Waals surface area contributed by atoms with Gasteiger partial charge in [0.25, 0.3) is 5.91 Å². The van der Waals surface area contributed by atoms with Crippen molar-refractivity contribution in [3.63, 3.8) is 0 Å². The minimum Gasteiger partial charge on any atom is -0.482 e. The van der Waals surface area contributed by atoms with Crippen LogP contribution in [0.15, 0.2) is 42.5 Å². The number of ether oxygens (including phenoxy) is 2. The summed E-state index contributed by atoms with van der Waals surface area (Å²) in [5, 5.41) is 2.75. The van der Waals surface area contributed by atoms with E-state index >= 15 is 0 Å². The number of fused-ring (bicyclic) bond motifs is 1. The zero-order valence-electron chi connectivity index (χ0n) is 14.2. The molecule has 0 heterocycles. The number of nitrogens with one attached hydrogen (secondary N) is 1. The van der Waals surface area contributed by atoms with Crippen molar-refractivity contribution in [2.45, 2.75) is 26.2 Å². The Kier molecular flexibility index (Phi) is 5.33. The van der Waals surface area contributed by atoms with Gasteiger partial charge < -0.3 is 14.8 Å². The van der Waals surface area contributed by atoms with Gasteiger partial charge in [-0.15, -0.1) is 0 Å². The Balaban J connectivity index is 1.42. The molecule has 25 heavy (non-hydrogen) atoms. The van der Waals surface area contributed by atoms with Crippen LogP contribution in [0.1, 0.15) is 23.1 Å². The Morgan fingerprint density at radius 3 is 2.68 bits per heavy atom. The van der Waals surface area contributed by atoms with Crippen molar-refractivity contribution in [1.82, 2.24) is 0 Å². The normalized spacial score (nSPS) is 12.4. The number of hydrogen-bond acceptors (Lipinski definition) is 4. The lowest BCUT2D eigenvalue weighted by Crippen LogP contribution is -2.23. The first-order valence-corrected chi connectivity index (χ1v) is 8.37. The van der Waals surface area contributed by atoms with E-state index in [2.05, 4.69) is 5.32 Å². The smallest absolute Gasteiger partial charge is 0.344 e. The van der Waals surface area contributed by atoms with Crippen molar-refractivity contribution in [3.05, 3.63) is 59.2 Å². The molecule has 0 spiro atoms. The number of esters is 1. The third kappa shape index (κ3) is 4.59. The standard InChI is InChI=1S/C20H21NO4/c1-14-5-2-3-8-18(14)24-13-20(23)25-12-19(22)21-17-10-9-15-6-4-7-16(15)11-17/h2-3,5,8-11H,4,6-7,12-13H2,1H3,(H,21,22). The number of hydrogen-bond donors (Lipinski definition) is 1. The van der Waals surface area contributed by atoms with Gasteiger partial charge in [-0.3, -0.25) is 4.79 Å². The molecule has 0 radical (unpaired) electrons. The minimum atomic E-state index is -0.577. The third-order valence-electron chi connectivity index (χ3n) is 4.19. The lowest BCUT2D eigenvalue weighted by atomic mass is 10.1. The van der Waals surface area contributed by atoms with E-state index in [-0.39, 0.29) is 19.1 Å². The van der Waals surface area contributed by atoms with E-state index < -0.39 is 5.97 Å². The highest BCUT2D eigenvalue weighted by Crippen LogP contribution is 2.24. The van der Waals surface area contributed by atoms with Crippen LogP contribution in [0.2, 0.25) is 0 Å². The second-order valence-electron chi connectivity index (χ2n) is 6.10. The number of carbonyl (C=O) groups is 2. The summed E-state index contributed by atoms with van der Waals surface area (Å²) >= 11 is 0. The van der Waals surface area contributed by atoms with Crippen molar-refractivity contribution in [2.75, 3.05) is 18.5 Å². The van der Waals surface area contributed by atoms with Gasteiger partial charge >= 0.3 is 5.97 Å². The van der Waals surface area contributed by atoms with Gasteiger partial charge in [0.15, 0.2) is 13.2 Å². The molecule has 2 aromatic rings. The molecule has 5 nitrogen and oxygen atoms in total. The number of para-hydroxylation sites is 1. The molecule has 3 rings (SSSR count). The third-order valence-corrected chi connectivity index (χ3v) is 4.19. The van der Waals surface area contributed by atoms with Gasteiger partial charge in [0.1, 0.15) is 5.75 Å². The molecule has 0 saturated carbocycles. The van der Waals surface area contributed by atoms with Gasteiger partial charge in [0, 0.05) is 5.69 Å². The van der Waals surface area contributed by atoms with Crippen LogP contribution in [0, 0.1) is 6.92 Å². The number of benzene rings is 2. The Morgan fingerprint density at radius 2 is 1.84 bits per heavy atom. The highest BCUT2D eigenvalue weighted by atomic mass is 16.6. The summed E-state index contributed by atoms with van der Waals surface area (Å²) in [7, 11) is 0. The molecule has 0 aliphatic heterocycles. The van der Waals surface area contributed by atoms with Gasteiger partial charge in [-0.1, -0.05) is 24.3 Å². The quantitative estimate of drug-likeness (QED) is 0.822. The van der Waals surface area contributed by atoms with Crippen molar-refractivity contribution in [3.8, 4) is 5.75 Å². The van der Waals surface area contributed by atoms with Crippen LogP contribution in [-0.4, -0.2) is 25.1 Å². The number of aryl methyl sites for hydroxylation is 3. The molecule has 0 atom stereocenters. The van der Waals surface area contributed by atoms with Gasteiger partial charge in [0.05, 0.1) is 0 Å². The molecule has 1 amide bonds. The molecular weight excluding hydrogens is 318 g/mol. The zero-order chi connectivity index (χ0) is 17.6. The zero-order valence-corrected chi connectivity index (χ0v) is 14.2.